The second kappa shape index (κ2) is 14.6. The van der Waals surface area contributed by atoms with Crippen LogP contribution in [0.15, 0.2) is 69.5 Å². The van der Waals surface area contributed by atoms with E-state index in [-0.39, 0.29) is 64.5 Å². The Morgan fingerprint density at radius 2 is 1.31 bits per heavy atom. The normalized spacial score (nSPS) is 18.9. The quantitative estimate of drug-likeness (QED) is 0.119. The fraction of sp³-hybridized carbons (Fsp3) is 0.357. The van der Waals surface area contributed by atoms with Gasteiger partial charge in [0.15, 0.2) is 21.0 Å². The maximum Gasteiger partial charge on any atom is 0.387 e. The molecule has 2 aromatic heterocycles. The van der Waals surface area contributed by atoms with Gasteiger partial charge in [0, 0.05) is 66.0 Å². The monoisotopic (exact) mass is 834 g/mol. The minimum absolute atomic E-state index is 0.0399. The third kappa shape index (κ3) is 7.39. The highest BCUT2D eigenvalue weighted by Crippen LogP contribution is 2.44. The number of alkyl halides is 4. The summed E-state index contributed by atoms with van der Waals surface area (Å²) in [5.74, 6) is -0.318. The van der Waals surface area contributed by atoms with Crippen LogP contribution < -0.4 is 9.47 Å². The van der Waals surface area contributed by atoms with Crippen LogP contribution in [0.3, 0.4) is 0 Å². The molecule has 6 aromatic rings. The largest absolute Gasteiger partial charge is 0.480 e. The fourth-order valence-corrected chi connectivity index (χ4v) is 11.2. The number of sulfone groups is 1. The highest BCUT2D eigenvalue weighted by atomic mass is 32.2. The molecule has 0 radical (unpaired) electrons. The van der Waals surface area contributed by atoms with E-state index in [2.05, 4.69) is 0 Å². The van der Waals surface area contributed by atoms with Crippen LogP contribution in [0.25, 0.3) is 56.2 Å². The number of hydrogen-bond acceptors (Lipinski definition) is 11. The number of hydrogen-bond donors (Lipinski definition) is 1. The van der Waals surface area contributed by atoms with Crippen molar-refractivity contribution >= 4 is 38.0 Å². The van der Waals surface area contributed by atoms with E-state index in [4.69, 9.17) is 28.3 Å². The SMILES string of the molecule is Cc1c(-c2nc3cc(CN4CC5(C4)CS(=O)(=O)C5)c(OC(F)F)cc3o2)cccc1-c1cccc(-c2nc3cc(CN4CCC[C@H]4C(=O)O)c(OC(F)F)cc3o2)c1C. The van der Waals surface area contributed by atoms with Gasteiger partial charge in [-0.1, -0.05) is 24.3 Å². The zero-order chi connectivity index (χ0) is 41.4. The predicted molar refractivity (Wildman–Crippen MR) is 208 cm³/mol. The molecular weight excluding hydrogens is 797 g/mol. The summed E-state index contributed by atoms with van der Waals surface area (Å²) in [6, 6.07) is 16.6. The molecule has 4 aromatic carbocycles. The molecule has 0 saturated carbocycles. The topological polar surface area (TPSA) is 148 Å². The van der Waals surface area contributed by atoms with Gasteiger partial charge in [0.25, 0.3) is 0 Å². The van der Waals surface area contributed by atoms with E-state index in [1.807, 2.05) is 55.1 Å². The molecule has 1 N–H and O–H groups in total. The van der Waals surface area contributed by atoms with Gasteiger partial charge in [-0.3, -0.25) is 14.6 Å². The van der Waals surface area contributed by atoms with Gasteiger partial charge in [-0.2, -0.15) is 17.6 Å². The third-order valence-corrected chi connectivity index (χ3v) is 13.7. The first-order chi connectivity index (χ1) is 28.1. The van der Waals surface area contributed by atoms with Crippen LogP contribution in [0.5, 0.6) is 11.5 Å². The lowest BCUT2D eigenvalue weighted by atomic mass is 9.82. The number of likely N-dealkylation sites (tertiary alicyclic amines) is 2. The zero-order valence-electron chi connectivity index (χ0n) is 31.9. The van der Waals surface area contributed by atoms with E-state index in [1.165, 1.54) is 12.1 Å². The summed E-state index contributed by atoms with van der Waals surface area (Å²) >= 11 is 0. The Hall–Kier alpha value is -5.52. The third-order valence-electron chi connectivity index (χ3n) is 11.6. The number of oxazole rings is 2. The Bertz CT molecular complexity index is 2730. The molecule has 0 unspecified atom stereocenters. The number of ether oxygens (including phenoxy) is 2. The minimum Gasteiger partial charge on any atom is -0.480 e. The lowest BCUT2D eigenvalue weighted by Crippen LogP contribution is -2.67. The summed E-state index contributed by atoms with van der Waals surface area (Å²) in [6.45, 7) is -0.367. The Balaban J connectivity index is 1.02. The van der Waals surface area contributed by atoms with Crippen molar-refractivity contribution in [2.24, 2.45) is 5.41 Å². The van der Waals surface area contributed by atoms with Gasteiger partial charge in [0.05, 0.1) is 11.5 Å². The standard InChI is InChI=1S/C42H38F4N4O8S/c1-22-26(6-3-8-28(22)37-47-30-12-24(33(57-40(43)44)14-35(30)55-37)16-49-18-42(19-49)20-59(53,54)21-42)27-7-4-9-29(23(27)2)38-48-31-13-25(17-50-11-5-10-32(50)39(51)52)34(58-41(45)46)15-36(31)56-38/h3-4,6-9,12-15,32,40-41H,5,10-11,16-21H2,1-2H3,(H,51,52)/t32-/m0/s1. The number of nitrogens with zero attached hydrogens (tertiary/aromatic N) is 4. The van der Waals surface area contributed by atoms with Crippen molar-refractivity contribution in [1.29, 1.82) is 0 Å². The van der Waals surface area contributed by atoms with E-state index in [9.17, 15) is 35.9 Å². The number of aliphatic carboxylic acids is 1. The Morgan fingerprint density at radius 1 is 0.814 bits per heavy atom. The average Bonchev–Trinajstić information content (AvgIpc) is 3.89. The van der Waals surface area contributed by atoms with E-state index >= 15 is 0 Å². The lowest BCUT2D eigenvalue weighted by molar-refractivity contribution is -0.142. The molecule has 3 fully saturated rings. The molecule has 3 aliphatic rings. The van der Waals surface area contributed by atoms with E-state index < -0.39 is 35.1 Å². The number of halogens is 4. The van der Waals surface area contributed by atoms with Gasteiger partial charge < -0.3 is 23.4 Å². The number of carboxylic acid groups (broad SMARTS) is 1. The van der Waals surface area contributed by atoms with Crippen molar-refractivity contribution in [2.75, 3.05) is 31.1 Å². The van der Waals surface area contributed by atoms with Crippen LogP contribution in [0.4, 0.5) is 17.6 Å². The first-order valence-corrected chi connectivity index (χ1v) is 20.8. The van der Waals surface area contributed by atoms with Gasteiger partial charge in [0.1, 0.15) is 28.6 Å². The van der Waals surface area contributed by atoms with Gasteiger partial charge in [-0.15, -0.1) is 0 Å². The summed E-state index contributed by atoms with van der Waals surface area (Å²) in [4.78, 5) is 25.0. The number of fused-ring (bicyclic) bond motifs is 2. The summed E-state index contributed by atoms with van der Waals surface area (Å²) in [7, 11) is -3.00. The highest BCUT2D eigenvalue weighted by molar-refractivity contribution is 7.92. The summed E-state index contributed by atoms with van der Waals surface area (Å²) in [5.41, 5.74) is 6.57. The molecule has 5 heterocycles. The van der Waals surface area contributed by atoms with Crippen LogP contribution in [-0.4, -0.2) is 89.7 Å². The summed E-state index contributed by atoms with van der Waals surface area (Å²) in [6.07, 6.45) is 1.13. The maximum absolute atomic E-state index is 13.5. The maximum atomic E-state index is 13.5. The zero-order valence-corrected chi connectivity index (χ0v) is 32.7. The first-order valence-electron chi connectivity index (χ1n) is 19.0. The predicted octanol–water partition coefficient (Wildman–Crippen LogP) is 8.07. The smallest absolute Gasteiger partial charge is 0.387 e. The number of carbonyl (C=O) groups is 1. The van der Waals surface area contributed by atoms with Crippen LogP contribution in [0.2, 0.25) is 0 Å². The van der Waals surface area contributed by atoms with E-state index in [0.717, 1.165) is 22.3 Å². The molecule has 3 aliphatic heterocycles. The van der Waals surface area contributed by atoms with Crippen LogP contribution in [0.1, 0.15) is 35.1 Å². The highest BCUT2D eigenvalue weighted by Gasteiger charge is 2.55. The van der Waals surface area contributed by atoms with Crippen molar-refractivity contribution in [1.82, 2.24) is 19.8 Å². The number of benzene rings is 4. The Morgan fingerprint density at radius 3 is 1.78 bits per heavy atom. The molecule has 1 atom stereocenters. The van der Waals surface area contributed by atoms with Crippen LogP contribution in [0, 0.1) is 19.3 Å². The van der Waals surface area contributed by atoms with Crippen molar-refractivity contribution < 1.29 is 54.2 Å². The molecule has 0 amide bonds. The van der Waals surface area contributed by atoms with Crippen LogP contribution in [-0.2, 0) is 27.7 Å². The lowest BCUT2D eigenvalue weighted by Gasteiger charge is -2.55. The first kappa shape index (κ1) is 39.0. The molecule has 12 nitrogen and oxygen atoms in total. The summed E-state index contributed by atoms with van der Waals surface area (Å²) < 4.78 is 99.7. The van der Waals surface area contributed by atoms with Gasteiger partial charge in [-0.25, -0.2) is 18.4 Å². The molecule has 0 aliphatic carbocycles. The summed E-state index contributed by atoms with van der Waals surface area (Å²) in [5, 5.41) is 9.67. The molecule has 1 spiro atoms. The molecular formula is C42H38F4N4O8S. The molecule has 17 heteroatoms. The molecule has 308 valence electrons. The van der Waals surface area contributed by atoms with Crippen LogP contribution >= 0.6 is 0 Å². The Labute approximate surface area is 335 Å². The minimum atomic E-state index is -3.11. The van der Waals surface area contributed by atoms with Crippen molar-refractivity contribution in [3.63, 3.8) is 0 Å². The van der Waals surface area contributed by atoms with Gasteiger partial charge >= 0.3 is 19.2 Å². The number of rotatable bonds is 12. The number of carboxylic acids is 1. The molecule has 59 heavy (non-hydrogen) atoms. The van der Waals surface area contributed by atoms with E-state index in [1.54, 1.807) is 17.0 Å². The van der Waals surface area contributed by atoms with Gasteiger partial charge in [-0.05, 0) is 79.8 Å². The number of aromatic nitrogens is 2. The van der Waals surface area contributed by atoms with Crippen molar-refractivity contribution in [2.45, 2.75) is 59.0 Å². The van der Waals surface area contributed by atoms with E-state index in [0.29, 0.717) is 65.8 Å². The van der Waals surface area contributed by atoms with Crippen molar-refractivity contribution in [3.8, 4) is 45.5 Å². The van der Waals surface area contributed by atoms with Gasteiger partial charge in [0.2, 0.25) is 11.8 Å². The second-order valence-corrected chi connectivity index (χ2v) is 17.8. The Kier molecular flexibility index (Phi) is 9.67. The molecule has 3 saturated heterocycles. The van der Waals surface area contributed by atoms with Crippen molar-refractivity contribution in [3.05, 3.63) is 82.9 Å². The molecule has 0 bridgehead atoms. The fourth-order valence-electron chi connectivity index (χ4n) is 9.05. The average molecular weight is 835 g/mol. The molecule has 9 rings (SSSR count). The second-order valence-electron chi connectivity index (χ2n) is 15.8.